The second-order valence-electron chi connectivity index (χ2n) is 2.70. The quantitative estimate of drug-likeness (QED) is 0.572. The summed E-state index contributed by atoms with van der Waals surface area (Å²) in [6, 6.07) is 0. The van der Waals surface area contributed by atoms with Crippen LogP contribution in [0.25, 0.3) is 0 Å². The Kier molecular flexibility index (Phi) is 3.35. The van der Waals surface area contributed by atoms with Crippen molar-refractivity contribution in [3.05, 3.63) is 23.3 Å². The van der Waals surface area contributed by atoms with Gasteiger partial charge in [-0.3, -0.25) is 4.79 Å². The van der Waals surface area contributed by atoms with E-state index in [-0.39, 0.29) is 5.91 Å². The summed E-state index contributed by atoms with van der Waals surface area (Å²) >= 11 is 5.80. The molecule has 0 aromatic rings. The minimum absolute atomic E-state index is 0.0451. The molecule has 0 N–H and O–H groups in total. The van der Waals surface area contributed by atoms with Gasteiger partial charge in [0.2, 0.25) is 5.91 Å². The van der Waals surface area contributed by atoms with Gasteiger partial charge in [0.25, 0.3) is 0 Å². The van der Waals surface area contributed by atoms with Crippen molar-refractivity contribution in [3.63, 3.8) is 0 Å². The normalized spacial score (nSPS) is 18.2. The molecule has 1 rings (SSSR count). The predicted octanol–water partition coefficient (Wildman–Crippen LogP) is 1.92. The summed E-state index contributed by atoms with van der Waals surface area (Å²) in [5.74, 6) is 0.0451. The molecular formula is C9H12ClNO. The molecule has 1 heterocycles. The molecule has 1 aliphatic rings. The molecule has 0 unspecified atom stereocenters. The van der Waals surface area contributed by atoms with Crippen LogP contribution in [0, 0.1) is 0 Å². The van der Waals surface area contributed by atoms with Crippen molar-refractivity contribution in [1.82, 2.24) is 4.90 Å². The summed E-state index contributed by atoms with van der Waals surface area (Å²) < 4.78 is 0. The van der Waals surface area contributed by atoms with Crippen LogP contribution >= 0.6 is 11.6 Å². The molecule has 1 amide bonds. The second kappa shape index (κ2) is 4.31. The molecule has 1 aliphatic heterocycles. The van der Waals surface area contributed by atoms with Gasteiger partial charge in [-0.05, 0) is 19.4 Å². The molecule has 0 fully saturated rings. The zero-order valence-corrected chi connectivity index (χ0v) is 7.84. The van der Waals surface area contributed by atoms with Crippen LogP contribution in [0.15, 0.2) is 23.3 Å². The fourth-order valence-electron chi connectivity index (χ4n) is 1.14. The van der Waals surface area contributed by atoms with Gasteiger partial charge in [0, 0.05) is 11.6 Å². The number of halogens is 1. The summed E-state index contributed by atoms with van der Waals surface area (Å²) in [6.07, 6.45) is 6.13. The van der Waals surface area contributed by atoms with Crippen LogP contribution in [-0.2, 0) is 4.79 Å². The van der Waals surface area contributed by atoms with E-state index in [4.69, 9.17) is 11.6 Å². The van der Waals surface area contributed by atoms with Gasteiger partial charge in [-0.2, -0.15) is 0 Å². The first-order chi connectivity index (χ1) is 5.74. The third-order valence-electron chi connectivity index (χ3n) is 1.73. The number of carbonyl (C=O) groups is 1. The van der Waals surface area contributed by atoms with Gasteiger partial charge in [-0.15, -0.1) is 0 Å². The van der Waals surface area contributed by atoms with Crippen molar-refractivity contribution >= 4 is 17.5 Å². The fraction of sp³-hybridized carbons (Fsp3) is 0.444. The highest BCUT2D eigenvalue weighted by molar-refractivity contribution is 6.30. The lowest BCUT2D eigenvalue weighted by atomic mass is 10.2. The highest BCUT2D eigenvalue weighted by Crippen LogP contribution is 2.12. The molecule has 66 valence electrons. The predicted molar refractivity (Wildman–Crippen MR) is 49.9 cm³/mol. The SMILES string of the molecule is C/C=C/C(=O)N1CCC=C(Cl)C1. The van der Waals surface area contributed by atoms with Gasteiger partial charge < -0.3 is 4.90 Å². The largest absolute Gasteiger partial charge is 0.334 e. The molecule has 0 bridgehead atoms. The highest BCUT2D eigenvalue weighted by Gasteiger charge is 2.14. The Hall–Kier alpha value is -0.760. The lowest BCUT2D eigenvalue weighted by Gasteiger charge is -2.23. The third-order valence-corrected chi connectivity index (χ3v) is 2.00. The summed E-state index contributed by atoms with van der Waals surface area (Å²) in [4.78, 5) is 13.0. The van der Waals surface area contributed by atoms with E-state index < -0.39 is 0 Å². The fourth-order valence-corrected chi connectivity index (χ4v) is 1.39. The molecule has 3 heteroatoms. The number of amides is 1. The monoisotopic (exact) mass is 185 g/mol. The maximum Gasteiger partial charge on any atom is 0.246 e. The zero-order chi connectivity index (χ0) is 8.97. The van der Waals surface area contributed by atoms with E-state index in [1.165, 1.54) is 0 Å². The van der Waals surface area contributed by atoms with E-state index in [0.29, 0.717) is 6.54 Å². The summed E-state index contributed by atoms with van der Waals surface area (Å²) in [7, 11) is 0. The van der Waals surface area contributed by atoms with Gasteiger partial charge in [0.05, 0.1) is 6.54 Å². The van der Waals surface area contributed by atoms with Crippen LogP contribution in [0.5, 0.6) is 0 Å². The minimum atomic E-state index is 0.0451. The molecule has 0 spiro atoms. The summed E-state index contributed by atoms with van der Waals surface area (Å²) in [5, 5.41) is 0.763. The van der Waals surface area contributed by atoms with Gasteiger partial charge in [0.15, 0.2) is 0 Å². The van der Waals surface area contributed by atoms with E-state index in [2.05, 4.69) is 0 Å². The maximum absolute atomic E-state index is 11.3. The van der Waals surface area contributed by atoms with Crippen LogP contribution in [0.1, 0.15) is 13.3 Å². The zero-order valence-electron chi connectivity index (χ0n) is 7.09. The lowest BCUT2D eigenvalue weighted by Crippen LogP contribution is -2.33. The lowest BCUT2D eigenvalue weighted by molar-refractivity contribution is -0.125. The minimum Gasteiger partial charge on any atom is -0.334 e. The molecule has 0 aliphatic carbocycles. The van der Waals surface area contributed by atoms with Gasteiger partial charge >= 0.3 is 0 Å². The number of hydrogen-bond donors (Lipinski definition) is 0. The Labute approximate surface area is 77.5 Å². The topological polar surface area (TPSA) is 20.3 Å². The van der Waals surface area contributed by atoms with Crippen molar-refractivity contribution < 1.29 is 4.79 Å². The number of hydrogen-bond acceptors (Lipinski definition) is 1. The van der Waals surface area contributed by atoms with E-state index in [9.17, 15) is 4.79 Å². The molecule has 0 aromatic heterocycles. The van der Waals surface area contributed by atoms with Gasteiger partial charge in [-0.1, -0.05) is 23.8 Å². The van der Waals surface area contributed by atoms with Crippen molar-refractivity contribution in [3.8, 4) is 0 Å². The number of allylic oxidation sites excluding steroid dienone is 1. The van der Waals surface area contributed by atoms with Crippen LogP contribution in [0.4, 0.5) is 0 Å². The summed E-state index contributed by atoms with van der Waals surface area (Å²) in [5.41, 5.74) is 0. The Balaban J connectivity index is 2.54. The Morgan fingerprint density at radius 1 is 1.75 bits per heavy atom. The third kappa shape index (κ3) is 2.38. The van der Waals surface area contributed by atoms with Gasteiger partial charge in [-0.25, -0.2) is 0 Å². The first-order valence-corrected chi connectivity index (χ1v) is 4.38. The Morgan fingerprint density at radius 2 is 2.50 bits per heavy atom. The molecule has 0 saturated carbocycles. The van der Waals surface area contributed by atoms with Crippen molar-refractivity contribution in [2.24, 2.45) is 0 Å². The van der Waals surface area contributed by atoms with E-state index in [1.54, 1.807) is 17.1 Å². The highest BCUT2D eigenvalue weighted by atomic mass is 35.5. The van der Waals surface area contributed by atoms with Gasteiger partial charge in [0.1, 0.15) is 0 Å². The molecule has 2 nitrogen and oxygen atoms in total. The number of rotatable bonds is 1. The van der Waals surface area contributed by atoms with Crippen LogP contribution < -0.4 is 0 Å². The molecule has 0 radical (unpaired) electrons. The van der Waals surface area contributed by atoms with E-state index >= 15 is 0 Å². The van der Waals surface area contributed by atoms with Crippen molar-refractivity contribution in [1.29, 1.82) is 0 Å². The average Bonchev–Trinajstić information content (AvgIpc) is 2.05. The first-order valence-electron chi connectivity index (χ1n) is 4.00. The molecule has 0 aromatic carbocycles. The van der Waals surface area contributed by atoms with E-state index in [1.807, 2.05) is 13.0 Å². The maximum atomic E-state index is 11.3. The standard InChI is InChI=1S/C9H12ClNO/c1-2-4-9(12)11-6-3-5-8(10)7-11/h2,4-5H,3,6-7H2,1H3/b4-2+. The smallest absolute Gasteiger partial charge is 0.246 e. The second-order valence-corrected chi connectivity index (χ2v) is 3.18. The van der Waals surface area contributed by atoms with Crippen molar-refractivity contribution in [2.75, 3.05) is 13.1 Å². The molecule has 0 atom stereocenters. The molecular weight excluding hydrogens is 174 g/mol. The molecule has 0 saturated heterocycles. The Bertz CT molecular complexity index is 233. The van der Waals surface area contributed by atoms with Crippen LogP contribution in [0.3, 0.4) is 0 Å². The first kappa shape index (κ1) is 9.33. The Morgan fingerprint density at radius 3 is 3.08 bits per heavy atom. The van der Waals surface area contributed by atoms with Crippen LogP contribution in [-0.4, -0.2) is 23.9 Å². The van der Waals surface area contributed by atoms with Crippen molar-refractivity contribution in [2.45, 2.75) is 13.3 Å². The average molecular weight is 186 g/mol. The molecule has 12 heavy (non-hydrogen) atoms. The van der Waals surface area contributed by atoms with E-state index in [0.717, 1.165) is 18.0 Å². The number of carbonyl (C=O) groups excluding carboxylic acids is 1. The summed E-state index contributed by atoms with van der Waals surface area (Å²) in [6.45, 7) is 3.17. The number of nitrogens with zero attached hydrogens (tertiary/aromatic N) is 1. The van der Waals surface area contributed by atoms with Crippen LogP contribution in [0.2, 0.25) is 0 Å².